The number of nitrogens with one attached hydrogen (secondary N) is 1. The lowest BCUT2D eigenvalue weighted by Crippen LogP contribution is -2.41. The van der Waals surface area contributed by atoms with Crippen LogP contribution in [0.15, 0.2) is 17.2 Å². The van der Waals surface area contributed by atoms with E-state index in [1.165, 1.54) is 0 Å². The van der Waals surface area contributed by atoms with Gasteiger partial charge in [-0.1, -0.05) is 6.92 Å². The average molecular weight is 419 g/mol. The van der Waals surface area contributed by atoms with Crippen LogP contribution in [-0.4, -0.2) is 67.4 Å². The average Bonchev–Trinajstić information content (AvgIpc) is 3.21. The minimum Gasteiger partial charge on any atom is -0.345 e. The number of nitrogens with zero attached hydrogens (tertiary/aromatic N) is 3. The van der Waals surface area contributed by atoms with Crippen molar-refractivity contribution in [2.24, 2.45) is 13.0 Å². The Morgan fingerprint density at radius 3 is 2.63 bits per heavy atom. The van der Waals surface area contributed by atoms with Crippen LogP contribution in [0.1, 0.15) is 43.1 Å². The molecule has 2 aliphatic rings. The fraction of sp³-hybridized carbons (Fsp3) is 0.722. The number of halogens is 1. The third kappa shape index (κ3) is 4.50. The molecule has 2 fully saturated rings. The lowest BCUT2D eigenvalue weighted by Gasteiger charge is -2.29. The van der Waals surface area contributed by atoms with Gasteiger partial charge in [-0.05, 0) is 44.7 Å². The molecule has 1 amide bonds. The molecule has 3 heterocycles. The highest BCUT2D eigenvalue weighted by Crippen LogP contribution is 2.26. The highest BCUT2D eigenvalue weighted by molar-refractivity contribution is 7.89. The second-order valence-corrected chi connectivity index (χ2v) is 9.57. The fourth-order valence-corrected chi connectivity index (χ4v) is 5.77. The number of sulfonamides is 1. The smallest absolute Gasteiger partial charge is 0.270 e. The van der Waals surface area contributed by atoms with Crippen molar-refractivity contribution in [3.05, 3.63) is 18.0 Å². The minimum atomic E-state index is -3.55. The first-order valence-electron chi connectivity index (χ1n) is 9.46. The monoisotopic (exact) mass is 418 g/mol. The van der Waals surface area contributed by atoms with E-state index in [4.69, 9.17) is 0 Å². The van der Waals surface area contributed by atoms with Gasteiger partial charge in [0, 0.05) is 45.5 Å². The van der Waals surface area contributed by atoms with Crippen LogP contribution in [0.5, 0.6) is 0 Å². The lowest BCUT2D eigenvalue weighted by molar-refractivity contribution is 0.0727. The zero-order chi connectivity index (χ0) is 18.9. The SMILES string of the molecule is CNCC1CCCN1C(=O)c1cc(S(=O)(=O)N2CCCC(C)C2)cn1C.Cl. The van der Waals surface area contributed by atoms with Gasteiger partial charge in [-0.25, -0.2) is 8.42 Å². The predicted molar refractivity (Wildman–Crippen MR) is 108 cm³/mol. The number of piperidine rings is 1. The molecule has 0 saturated carbocycles. The third-order valence-corrected chi connectivity index (χ3v) is 7.36. The molecule has 2 unspecified atom stereocenters. The van der Waals surface area contributed by atoms with Crippen molar-refractivity contribution in [1.29, 1.82) is 0 Å². The molecule has 2 atom stereocenters. The summed E-state index contributed by atoms with van der Waals surface area (Å²) in [4.78, 5) is 15.1. The molecule has 2 saturated heterocycles. The van der Waals surface area contributed by atoms with Crippen LogP contribution >= 0.6 is 12.4 Å². The first-order chi connectivity index (χ1) is 12.3. The second kappa shape index (κ2) is 8.94. The number of hydrogen-bond donors (Lipinski definition) is 1. The standard InChI is InChI=1S/C18H30N4O3S.ClH/c1-14-6-4-8-21(12-14)26(24,25)16-10-17(20(3)13-16)18(23)22-9-5-7-15(22)11-19-2;/h10,13-15,19H,4-9,11-12H2,1-3H3;1H. The van der Waals surface area contributed by atoms with Crippen molar-refractivity contribution in [1.82, 2.24) is 19.1 Å². The van der Waals surface area contributed by atoms with Crippen molar-refractivity contribution in [3.63, 3.8) is 0 Å². The summed E-state index contributed by atoms with van der Waals surface area (Å²) in [7, 11) is 0.0790. The summed E-state index contributed by atoms with van der Waals surface area (Å²) < 4.78 is 29.2. The van der Waals surface area contributed by atoms with Crippen LogP contribution in [0.25, 0.3) is 0 Å². The maximum atomic E-state index is 13.0. The number of amides is 1. The Morgan fingerprint density at radius 1 is 1.26 bits per heavy atom. The van der Waals surface area contributed by atoms with Gasteiger partial charge in [0.1, 0.15) is 10.6 Å². The van der Waals surface area contributed by atoms with Crippen LogP contribution in [0.2, 0.25) is 0 Å². The number of hydrogen-bond acceptors (Lipinski definition) is 4. The van der Waals surface area contributed by atoms with E-state index in [2.05, 4.69) is 12.2 Å². The molecule has 1 aromatic heterocycles. The van der Waals surface area contributed by atoms with Crippen molar-refractivity contribution in [3.8, 4) is 0 Å². The quantitative estimate of drug-likeness (QED) is 0.789. The highest BCUT2D eigenvalue weighted by atomic mass is 35.5. The molecule has 0 radical (unpaired) electrons. The number of aryl methyl sites for hydroxylation is 1. The molecule has 27 heavy (non-hydrogen) atoms. The van der Waals surface area contributed by atoms with Crippen molar-refractivity contribution < 1.29 is 13.2 Å². The first-order valence-corrected chi connectivity index (χ1v) is 10.9. The number of likely N-dealkylation sites (tertiary alicyclic amines) is 1. The number of aromatic nitrogens is 1. The van der Waals surface area contributed by atoms with Crippen LogP contribution < -0.4 is 5.32 Å². The molecule has 9 heteroatoms. The first kappa shape index (κ1) is 22.2. The number of carbonyl (C=O) groups excluding carboxylic acids is 1. The van der Waals surface area contributed by atoms with Gasteiger partial charge >= 0.3 is 0 Å². The summed E-state index contributed by atoms with van der Waals surface area (Å²) in [5, 5.41) is 3.13. The van der Waals surface area contributed by atoms with Gasteiger partial charge in [-0.3, -0.25) is 4.79 Å². The summed E-state index contributed by atoms with van der Waals surface area (Å²) in [5.74, 6) is 0.286. The van der Waals surface area contributed by atoms with E-state index < -0.39 is 10.0 Å². The molecule has 1 aromatic rings. The number of carbonyl (C=O) groups is 1. The molecular formula is C18H31ClN4O3S. The lowest BCUT2D eigenvalue weighted by atomic mass is 10.0. The van der Waals surface area contributed by atoms with Gasteiger partial charge in [-0.15, -0.1) is 12.4 Å². The molecule has 7 nitrogen and oxygen atoms in total. The Bertz CT molecular complexity index is 765. The van der Waals surface area contributed by atoms with Gasteiger partial charge in [0.05, 0.1) is 0 Å². The van der Waals surface area contributed by atoms with E-state index in [9.17, 15) is 13.2 Å². The second-order valence-electron chi connectivity index (χ2n) is 7.63. The zero-order valence-electron chi connectivity index (χ0n) is 16.3. The van der Waals surface area contributed by atoms with Crippen molar-refractivity contribution in [2.75, 3.05) is 33.2 Å². The molecular weight excluding hydrogens is 388 g/mol. The van der Waals surface area contributed by atoms with Crippen molar-refractivity contribution in [2.45, 2.75) is 43.5 Å². The van der Waals surface area contributed by atoms with Crippen LogP contribution in [0.4, 0.5) is 0 Å². The third-order valence-electron chi connectivity index (χ3n) is 5.53. The van der Waals surface area contributed by atoms with Crippen LogP contribution in [-0.2, 0) is 17.1 Å². The van der Waals surface area contributed by atoms with Gasteiger partial charge in [0.2, 0.25) is 10.0 Å². The van der Waals surface area contributed by atoms with E-state index in [0.29, 0.717) is 24.7 Å². The summed E-state index contributed by atoms with van der Waals surface area (Å²) in [5.41, 5.74) is 0.441. The summed E-state index contributed by atoms with van der Waals surface area (Å²) in [6, 6.07) is 1.72. The molecule has 3 rings (SSSR count). The van der Waals surface area contributed by atoms with E-state index in [-0.39, 0.29) is 29.3 Å². The summed E-state index contributed by atoms with van der Waals surface area (Å²) in [6.45, 7) is 4.67. The summed E-state index contributed by atoms with van der Waals surface area (Å²) >= 11 is 0. The van der Waals surface area contributed by atoms with Gasteiger partial charge < -0.3 is 14.8 Å². The molecule has 0 aromatic carbocycles. The molecule has 0 spiro atoms. The predicted octanol–water partition coefficient (Wildman–Crippen LogP) is 1.69. The van der Waals surface area contributed by atoms with Crippen LogP contribution in [0.3, 0.4) is 0 Å². The number of likely N-dealkylation sites (N-methyl/N-ethyl adjacent to an activating group) is 1. The topological polar surface area (TPSA) is 74.7 Å². The largest absolute Gasteiger partial charge is 0.345 e. The molecule has 0 aliphatic carbocycles. The Balaban J connectivity index is 0.00000261. The highest BCUT2D eigenvalue weighted by Gasteiger charge is 2.33. The van der Waals surface area contributed by atoms with E-state index >= 15 is 0 Å². The van der Waals surface area contributed by atoms with Crippen LogP contribution in [0, 0.1) is 5.92 Å². The van der Waals surface area contributed by atoms with Gasteiger partial charge in [0.25, 0.3) is 5.91 Å². The zero-order valence-corrected chi connectivity index (χ0v) is 18.0. The van der Waals surface area contributed by atoms with E-state index in [0.717, 1.165) is 38.8 Å². The van der Waals surface area contributed by atoms with Crippen molar-refractivity contribution >= 4 is 28.3 Å². The Hall–Kier alpha value is -1.09. The maximum absolute atomic E-state index is 13.0. The Kier molecular flexibility index (Phi) is 7.35. The molecule has 154 valence electrons. The molecule has 0 bridgehead atoms. The number of rotatable bonds is 5. The minimum absolute atomic E-state index is 0. The molecule has 1 N–H and O–H groups in total. The Labute approximate surface area is 168 Å². The van der Waals surface area contributed by atoms with Gasteiger partial charge in [-0.2, -0.15) is 4.31 Å². The van der Waals surface area contributed by atoms with E-state index in [1.807, 2.05) is 11.9 Å². The van der Waals surface area contributed by atoms with Gasteiger partial charge in [0.15, 0.2) is 0 Å². The normalized spacial score (nSPS) is 24.0. The van der Waals surface area contributed by atoms with E-state index in [1.54, 1.807) is 28.2 Å². The maximum Gasteiger partial charge on any atom is 0.270 e. The Morgan fingerprint density at radius 2 is 1.96 bits per heavy atom. The summed E-state index contributed by atoms with van der Waals surface area (Å²) in [6.07, 6.45) is 5.49. The fourth-order valence-electron chi connectivity index (χ4n) is 4.10. The molecule has 2 aliphatic heterocycles.